The highest BCUT2D eigenvalue weighted by molar-refractivity contribution is 6.34. The molecule has 0 amide bonds. The number of hydrogen-bond acceptors (Lipinski definition) is 1. The Bertz CT molecular complexity index is 412. The van der Waals surface area contributed by atoms with Crippen LogP contribution in [0.1, 0.15) is 51.0 Å². The number of carbonyl (C=O) groups is 1. The van der Waals surface area contributed by atoms with Crippen molar-refractivity contribution in [2.75, 3.05) is 0 Å². The molecule has 1 unspecified atom stereocenters. The highest BCUT2D eigenvalue weighted by Gasteiger charge is 2.13. The Balaban J connectivity index is 2.17. The Hall–Kier alpha value is -0.730. The molecular formula is C16H22Cl2O2. The Morgan fingerprint density at radius 3 is 2.25 bits per heavy atom. The van der Waals surface area contributed by atoms with Gasteiger partial charge >= 0.3 is 5.97 Å². The minimum atomic E-state index is -0.666. The van der Waals surface area contributed by atoms with Crippen LogP contribution >= 0.6 is 23.2 Å². The standard InChI is InChI=1S/C16H22Cl2O2/c1-2-13(16(19)20)8-6-4-3-5-7-12-9-14(17)11-15(18)10-12/h9-11,13H,2-8H2,1H3,(H,19,20). The summed E-state index contributed by atoms with van der Waals surface area (Å²) in [4.78, 5) is 10.9. The van der Waals surface area contributed by atoms with Crippen LogP contribution in [-0.4, -0.2) is 11.1 Å². The van der Waals surface area contributed by atoms with Gasteiger partial charge in [0.05, 0.1) is 5.92 Å². The fourth-order valence-electron chi connectivity index (χ4n) is 2.33. The molecular weight excluding hydrogens is 295 g/mol. The average molecular weight is 317 g/mol. The second-order valence-electron chi connectivity index (χ2n) is 5.17. The second kappa shape index (κ2) is 9.25. The Morgan fingerprint density at radius 1 is 1.10 bits per heavy atom. The summed E-state index contributed by atoms with van der Waals surface area (Å²) >= 11 is 11.9. The number of hydrogen-bond donors (Lipinski definition) is 1. The van der Waals surface area contributed by atoms with Crippen LogP contribution in [0.4, 0.5) is 0 Å². The lowest BCUT2D eigenvalue weighted by atomic mass is 9.98. The molecule has 0 saturated carbocycles. The van der Waals surface area contributed by atoms with E-state index in [9.17, 15) is 4.79 Å². The van der Waals surface area contributed by atoms with E-state index < -0.39 is 5.97 Å². The highest BCUT2D eigenvalue weighted by atomic mass is 35.5. The molecule has 0 aromatic heterocycles. The highest BCUT2D eigenvalue weighted by Crippen LogP contribution is 2.21. The van der Waals surface area contributed by atoms with Gasteiger partial charge in [0, 0.05) is 10.0 Å². The first kappa shape index (κ1) is 17.3. The minimum Gasteiger partial charge on any atom is -0.481 e. The summed E-state index contributed by atoms with van der Waals surface area (Å²) in [5.41, 5.74) is 1.17. The van der Waals surface area contributed by atoms with Crippen LogP contribution in [0.5, 0.6) is 0 Å². The molecule has 1 N–H and O–H groups in total. The van der Waals surface area contributed by atoms with Gasteiger partial charge in [0.2, 0.25) is 0 Å². The van der Waals surface area contributed by atoms with Crippen molar-refractivity contribution in [3.63, 3.8) is 0 Å². The first-order chi connectivity index (χ1) is 9.52. The second-order valence-corrected chi connectivity index (χ2v) is 6.05. The van der Waals surface area contributed by atoms with Gasteiger partial charge in [-0.1, -0.05) is 49.4 Å². The lowest BCUT2D eigenvalue weighted by Crippen LogP contribution is -2.12. The molecule has 0 radical (unpaired) electrons. The predicted octanol–water partition coefficient (Wildman–Crippen LogP) is 5.60. The minimum absolute atomic E-state index is 0.179. The molecule has 0 aliphatic rings. The molecule has 20 heavy (non-hydrogen) atoms. The zero-order valence-electron chi connectivity index (χ0n) is 11.9. The summed E-state index contributed by atoms with van der Waals surface area (Å²) in [5.74, 6) is -0.845. The summed E-state index contributed by atoms with van der Waals surface area (Å²) in [6.07, 6.45) is 6.74. The summed E-state index contributed by atoms with van der Waals surface area (Å²) in [7, 11) is 0. The number of carboxylic acids is 1. The van der Waals surface area contributed by atoms with E-state index in [0.29, 0.717) is 10.0 Å². The van der Waals surface area contributed by atoms with Gasteiger partial charge in [-0.15, -0.1) is 0 Å². The largest absolute Gasteiger partial charge is 0.481 e. The third-order valence-corrected chi connectivity index (χ3v) is 3.97. The van der Waals surface area contributed by atoms with Crippen LogP contribution in [0, 0.1) is 5.92 Å². The summed E-state index contributed by atoms with van der Waals surface area (Å²) in [6.45, 7) is 1.93. The van der Waals surface area contributed by atoms with Crippen molar-refractivity contribution >= 4 is 29.2 Å². The Kier molecular flexibility index (Phi) is 8.01. The van der Waals surface area contributed by atoms with Crippen LogP contribution in [0.3, 0.4) is 0 Å². The zero-order valence-corrected chi connectivity index (χ0v) is 13.4. The molecule has 1 aromatic rings. The van der Waals surface area contributed by atoms with E-state index in [1.807, 2.05) is 19.1 Å². The van der Waals surface area contributed by atoms with E-state index in [0.717, 1.165) is 44.9 Å². The normalized spacial score (nSPS) is 12.3. The van der Waals surface area contributed by atoms with Gasteiger partial charge in [-0.2, -0.15) is 0 Å². The van der Waals surface area contributed by atoms with Crippen molar-refractivity contribution < 1.29 is 9.90 Å². The van der Waals surface area contributed by atoms with Crippen LogP contribution < -0.4 is 0 Å². The summed E-state index contributed by atoms with van der Waals surface area (Å²) < 4.78 is 0. The first-order valence-corrected chi connectivity index (χ1v) is 7.96. The molecule has 0 saturated heterocycles. The molecule has 0 spiro atoms. The number of aryl methyl sites for hydroxylation is 1. The maximum absolute atomic E-state index is 10.9. The summed E-state index contributed by atoms with van der Waals surface area (Å²) in [5, 5.41) is 10.3. The van der Waals surface area contributed by atoms with E-state index in [1.54, 1.807) is 6.07 Å². The average Bonchev–Trinajstić information content (AvgIpc) is 2.36. The van der Waals surface area contributed by atoms with E-state index in [-0.39, 0.29) is 5.92 Å². The van der Waals surface area contributed by atoms with E-state index in [2.05, 4.69) is 0 Å². The molecule has 0 aliphatic heterocycles. The van der Waals surface area contributed by atoms with Crippen molar-refractivity contribution in [3.05, 3.63) is 33.8 Å². The molecule has 0 fully saturated rings. The third-order valence-electron chi connectivity index (χ3n) is 3.53. The van der Waals surface area contributed by atoms with E-state index >= 15 is 0 Å². The molecule has 0 heterocycles. The Labute approximate surface area is 131 Å². The smallest absolute Gasteiger partial charge is 0.306 e. The SMILES string of the molecule is CCC(CCCCCCc1cc(Cl)cc(Cl)c1)C(=O)O. The lowest BCUT2D eigenvalue weighted by Gasteiger charge is -2.09. The number of benzene rings is 1. The quantitative estimate of drug-likeness (QED) is 0.602. The number of carboxylic acid groups (broad SMARTS) is 1. The van der Waals surface area contributed by atoms with Crippen LogP contribution in [0.2, 0.25) is 10.0 Å². The van der Waals surface area contributed by atoms with Crippen LogP contribution in [0.15, 0.2) is 18.2 Å². The molecule has 1 rings (SSSR count). The first-order valence-electron chi connectivity index (χ1n) is 7.20. The molecule has 1 aromatic carbocycles. The van der Waals surface area contributed by atoms with Crippen molar-refractivity contribution in [3.8, 4) is 0 Å². The van der Waals surface area contributed by atoms with Crippen LogP contribution in [-0.2, 0) is 11.2 Å². The Morgan fingerprint density at radius 2 is 1.70 bits per heavy atom. The molecule has 0 bridgehead atoms. The van der Waals surface area contributed by atoms with Crippen molar-refractivity contribution in [2.45, 2.75) is 51.9 Å². The van der Waals surface area contributed by atoms with Crippen molar-refractivity contribution in [1.82, 2.24) is 0 Å². The third kappa shape index (κ3) is 6.62. The van der Waals surface area contributed by atoms with Gasteiger partial charge in [0.1, 0.15) is 0 Å². The van der Waals surface area contributed by atoms with Gasteiger partial charge in [-0.3, -0.25) is 4.79 Å². The van der Waals surface area contributed by atoms with Gasteiger partial charge < -0.3 is 5.11 Å². The topological polar surface area (TPSA) is 37.3 Å². The van der Waals surface area contributed by atoms with Gasteiger partial charge in [-0.05, 0) is 49.4 Å². The summed E-state index contributed by atoms with van der Waals surface area (Å²) in [6, 6.07) is 5.64. The fourth-order valence-corrected chi connectivity index (χ4v) is 2.90. The molecule has 1 atom stereocenters. The maximum Gasteiger partial charge on any atom is 0.306 e. The molecule has 0 aliphatic carbocycles. The van der Waals surface area contributed by atoms with Crippen molar-refractivity contribution in [2.24, 2.45) is 5.92 Å². The lowest BCUT2D eigenvalue weighted by molar-refractivity contribution is -0.142. The number of halogens is 2. The monoisotopic (exact) mass is 316 g/mol. The zero-order chi connectivity index (χ0) is 15.0. The van der Waals surface area contributed by atoms with Gasteiger partial charge in [0.15, 0.2) is 0 Å². The number of rotatable bonds is 9. The number of aliphatic carboxylic acids is 1. The van der Waals surface area contributed by atoms with Gasteiger partial charge in [-0.25, -0.2) is 0 Å². The van der Waals surface area contributed by atoms with E-state index in [1.165, 1.54) is 5.56 Å². The van der Waals surface area contributed by atoms with Gasteiger partial charge in [0.25, 0.3) is 0 Å². The van der Waals surface area contributed by atoms with Crippen molar-refractivity contribution in [1.29, 1.82) is 0 Å². The molecule has 4 heteroatoms. The molecule has 2 nitrogen and oxygen atoms in total. The predicted molar refractivity (Wildman–Crippen MR) is 84.7 cm³/mol. The maximum atomic E-state index is 10.9. The number of unbranched alkanes of at least 4 members (excludes halogenated alkanes) is 3. The van der Waals surface area contributed by atoms with Crippen LogP contribution in [0.25, 0.3) is 0 Å². The fraction of sp³-hybridized carbons (Fsp3) is 0.562. The van der Waals surface area contributed by atoms with E-state index in [4.69, 9.17) is 28.3 Å². The molecule has 112 valence electrons.